The van der Waals surface area contributed by atoms with Crippen LogP contribution in [0.5, 0.6) is 0 Å². The van der Waals surface area contributed by atoms with Crippen molar-refractivity contribution in [2.24, 2.45) is 0 Å². The second kappa shape index (κ2) is 3.81. The molecule has 1 aromatic heterocycles. The number of benzene rings is 1. The largest absolute Gasteiger partial charge is 0.377 e. The second-order valence-corrected chi connectivity index (χ2v) is 3.25. The molecule has 0 atom stereocenters. The summed E-state index contributed by atoms with van der Waals surface area (Å²) in [6.45, 7) is 3.39. The predicted octanol–water partition coefficient (Wildman–Crippen LogP) is 2.23. The number of rotatable bonds is 3. The molecule has 0 aliphatic heterocycles. The zero-order chi connectivity index (χ0) is 9.10. The topological polar surface area (TPSA) is 35.0 Å². The Labute approximate surface area is 80.7 Å². The lowest BCUT2D eigenvalue weighted by molar-refractivity contribution is 0.134. The van der Waals surface area contributed by atoms with Crippen LogP contribution in [0, 0.1) is 0 Å². The third kappa shape index (κ3) is 1.84. The van der Waals surface area contributed by atoms with Gasteiger partial charge in [0.15, 0.2) is 0 Å². The van der Waals surface area contributed by atoms with Crippen molar-refractivity contribution in [1.82, 2.24) is 8.75 Å². The van der Waals surface area contributed by atoms with E-state index < -0.39 is 0 Å². The Morgan fingerprint density at radius 1 is 1.31 bits per heavy atom. The first-order valence-electron chi connectivity index (χ1n) is 4.19. The van der Waals surface area contributed by atoms with E-state index in [0.717, 1.165) is 23.2 Å². The molecule has 0 amide bonds. The number of nitrogens with zero attached hydrogens (tertiary/aromatic N) is 2. The van der Waals surface area contributed by atoms with Crippen LogP contribution in [0.1, 0.15) is 12.5 Å². The van der Waals surface area contributed by atoms with Gasteiger partial charge in [0.1, 0.15) is 11.0 Å². The van der Waals surface area contributed by atoms with Gasteiger partial charge in [-0.2, -0.15) is 8.75 Å². The summed E-state index contributed by atoms with van der Waals surface area (Å²) >= 11 is 1.24. The van der Waals surface area contributed by atoms with E-state index in [0.29, 0.717) is 6.61 Å². The first-order chi connectivity index (χ1) is 6.40. The van der Waals surface area contributed by atoms with Gasteiger partial charge in [-0.25, -0.2) is 0 Å². The highest BCUT2D eigenvalue weighted by atomic mass is 32.1. The summed E-state index contributed by atoms with van der Waals surface area (Å²) < 4.78 is 13.6. The lowest BCUT2D eigenvalue weighted by atomic mass is 10.2. The van der Waals surface area contributed by atoms with Crippen LogP contribution in [0.3, 0.4) is 0 Å². The van der Waals surface area contributed by atoms with Gasteiger partial charge < -0.3 is 4.74 Å². The summed E-state index contributed by atoms with van der Waals surface area (Å²) in [6, 6.07) is 6.03. The van der Waals surface area contributed by atoms with Crippen molar-refractivity contribution in [1.29, 1.82) is 0 Å². The van der Waals surface area contributed by atoms with Gasteiger partial charge in [-0.15, -0.1) is 0 Å². The molecule has 3 nitrogen and oxygen atoms in total. The van der Waals surface area contributed by atoms with Crippen LogP contribution in [0.2, 0.25) is 0 Å². The fourth-order valence-corrected chi connectivity index (χ4v) is 1.65. The molecule has 0 saturated carbocycles. The fraction of sp³-hybridized carbons (Fsp3) is 0.333. The van der Waals surface area contributed by atoms with Gasteiger partial charge in [-0.05, 0) is 24.6 Å². The molecule has 4 heteroatoms. The van der Waals surface area contributed by atoms with Crippen LogP contribution >= 0.6 is 11.7 Å². The third-order valence-corrected chi connectivity index (χ3v) is 2.35. The normalized spacial score (nSPS) is 10.8. The highest BCUT2D eigenvalue weighted by Crippen LogP contribution is 2.13. The predicted molar refractivity (Wildman–Crippen MR) is 52.7 cm³/mol. The van der Waals surface area contributed by atoms with Crippen LogP contribution in [-0.4, -0.2) is 15.4 Å². The molecule has 13 heavy (non-hydrogen) atoms. The molecule has 0 aliphatic carbocycles. The van der Waals surface area contributed by atoms with E-state index in [9.17, 15) is 0 Å². The Kier molecular flexibility index (Phi) is 2.52. The van der Waals surface area contributed by atoms with E-state index in [1.807, 2.05) is 25.1 Å². The Balaban J connectivity index is 2.26. The van der Waals surface area contributed by atoms with Gasteiger partial charge in [0.25, 0.3) is 0 Å². The molecule has 0 bridgehead atoms. The molecule has 2 aromatic rings. The highest BCUT2D eigenvalue weighted by Gasteiger charge is 1.99. The fourth-order valence-electron chi connectivity index (χ4n) is 1.14. The molecule has 1 aromatic carbocycles. The molecule has 68 valence electrons. The minimum atomic E-state index is 0.657. The maximum atomic E-state index is 5.30. The average molecular weight is 194 g/mol. The molecule has 0 saturated heterocycles. The van der Waals surface area contributed by atoms with Crippen molar-refractivity contribution >= 4 is 22.8 Å². The summed E-state index contributed by atoms with van der Waals surface area (Å²) in [5, 5.41) is 0. The average Bonchev–Trinajstić information content (AvgIpc) is 2.61. The van der Waals surface area contributed by atoms with Crippen LogP contribution in [-0.2, 0) is 11.3 Å². The molecule has 0 fully saturated rings. The van der Waals surface area contributed by atoms with Crippen molar-refractivity contribution < 1.29 is 4.74 Å². The smallest absolute Gasteiger partial charge is 0.105 e. The molecule has 0 spiro atoms. The molecule has 0 unspecified atom stereocenters. The lowest BCUT2D eigenvalue weighted by Gasteiger charge is -1.99. The van der Waals surface area contributed by atoms with Gasteiger partial charge in [0.05, 0.1) is 18.3 Å². The van der Waals surface area contributed by atoms with Crippen molar-refractivity contribution in [3.8, 4) is 0 Å². The van der Waals surface area contributed by atoms with Crippen molar-refractivity contribution in [2.75, 3.05) is 6.61 Å². The summed E-state index contributed by atoms with van der Waals surface area (Å²) in [6.07, 6.45) is 0. The molecule has 0 radical (unpaired) electrons. The van der Waals surface area contributed by atoms with E-state index in [1.54, 1.807) is 0 Å². The van der Waals surface area contributed by atoms with E-state index in [-0.39, 0.29) is 0 Å². The van der Waals surface area contributed by atoms with E-state index in [2.05, 4.69) is 8.75 Å². The molecular formula is C9H10N2OS. The quantitative estimate of drug-likeness (QED) is 0.751. The number of aromatic nitrogens is 2. The van der Waals surface area contributed by atoms with Crippen molar-refractivity contribution in [3.05, 3.63) is 23.8 Å². The third-order valence-electron chi connectivity index (χ3n) is 1.79. The van der Waals surface area contributed by atoms with Gasteiger partial charge >= 0.3 is 0 Å². The molecular weight excluding hydrogens is 184 g/mol. The molecule has 0 N–H and O–H groups in total. The summed E-state index contributed by atoms with van der Waals surface area (Å²) in [7, 11) is 0. The Bertz CT molecular complexity index is 399. The standard InChI is InChI=1S/C9H10N2OS/c1-2-12-6-7-3-4-8-9(5-7)11-13-10-8/h3-5H,2,6H2,1H3. The first kappa shape index (κ1) is 8.59. The Hall–Kier alpha value is -1.00. The zero-order valence-corrected chi connectivity index (χ0v) is 8.17. The molecule has 0 aliphatic rings. The summed E-state index contributed by atoms with van der Waals surface area (Å²) in [4.78, 5) is 0. The lowest BCUT2D eigenvalue weighted by Crippen LogP contribution is -1.91. The van der Waals surface area contributed by atoms with Crippen molar-refractivity contribution in [3.63, 3.8) is 0 Å². The van der Waals surface area contributed by atoms with Gasteiger partial charge in [-0.3, -0.25) is 0 Å². The molecule has 2 rings (SSSR count). The zero-order valence-electron chi connectivity index (χ0n) is 7.36. The second-order valence-electron chi connectivity index (χ2n) is 2.72. The Morgan fingerprint density at radius 3 is 3.00 bits per heavy atom. The van der Waals surface area contributed by atoms with Gasteiger partial charge in [0.2, 0.25) is 0 Å². The highest BCUT2D eigenvalue weighted by molar-refractivity contribution is 7.00. The minimum Gasteiger partial charge on any atom is -0.377 e. The van der Waals surface area contributed by atoms with E-state index >= 15 is 0 Å². The van der Waals surface area contributed by atoms with Gasteiger partial charge in [-0.1, -0.05) is 6.07 Å². The number of hydrogen-bond acceptors (Lipinski definition) is 4. The summed E-state index contributed by atoms with van der Waals surface area (Å²) in [5.41, 5.74) is 3.08. The Morgan fingerprint density at radius 2 is 2.15 bits per heavy atom. The van der Waals surface area contributed by atoms with Crippen molar-refractivity contribution in [2.45, 2.75) is 13.5 Å². The van der Waals surface area contributed by atoms with Crippen LogP contribution in [0.4, 0.5) is 0 Å². The SMILES string of the molecule is CCOCc1ccc2nsnc2c1. The van der Waals surface area contributed by atoms with Gasteiger partial charge in [0, 0.05) is 6.61 Å². The van der Waals surface area contributed by atoms with Crippen LogP contribution < -0.4 is 0 Å². The maximum absolute atomic E-state index is 5.30. The van der Waals surface area contributed by atoms with E-state index in [1.165, 1.54) is 11.7 Å². The number of hydrogen-bond donors (Lipinski definition) is 0. The maximum Gasteiger partial charge on any atom is 0.105 e. The van der Waals surface area contributed by atoms with Crippen LogP contribution in [0.25, 0.3) is 11.0 Å². The minimum absolute atomic E-state index is 0.657. The van der Waals surface area contributed by atoms with E-state index in [4.69, 9.17) is 4.74 Å². The first-order valence-corrected chi connectivity index (χ1v) is 4.92. The summed E-state index contributed by atoms with van der Waals surface area (Å²) in [5.74, 6) is 0. The number of ether oxygens (including phenoxy) is 1. The van der Waals surface area contributed by atoms with Crippen LogP contribution in [0.15, 0.2) is 18.2 Å². The number of fused-ring (bicyclic) bond motifs is 1. The molecule has 1 heterocycles. The monoisotopic (exact) mass is 194 g/mol.